The van der Waals surface area contributed by atoms with Gasteiger partial charge in [-0.15, -0.1) is 0 Å². The van der Waals surface area contributed by atoms with Gasteiger partial charge in [0.15, 0.2) is 0 Å². The third kappa shape index (κ3) is 3.25. The smallest absolute Gasteiger partial charge is 0.339 e. The summed E-state index contributed by atoms with van der Waals surface area (Å²) in [5.41, 5.74) is 0.394. The maximum Gasteiger partial charge on any atom is 0.339 e. The lowest BCUT2D eigenvalue weighted by molar-refractivity contribution is 0.0596. The molecule has 0 amide bonds. The largest absolute Gasteiger partial charge is 0.465 e. The molecule has 2 rings (SSSR count). The van der Waals surface area contributed by atoms with Gasteiger partial charge in [-0.1, -0.05) is 18.2 Å². The summed E-state index contributed by atoms with van der Waals surface area (Å²) < 4.78 is 45.3. The molecule has 0 atom stereocenters. The van der Waals surface area contributed by atoms with Gasteiger partial charge in [-0.3, -0.25) is 4.72 Å². The molecule has 2 aromatic carbocycles. The highest BCUT2D eigenvalue weighted by Crippen LogP contribution is 2.23. The van der Waals surface area contributed by atoms with Gasteiger partial charge in [-0.25, -0.2) is 17.6 Å². The lowest BCUT2D eigenvalue weighted by atomic mass is 10.2. The van der Waals surface area contributed by atoms with Crippen LogP contribution in [0.1, 0.15) is 15.9 Å². The van der Waals surface area contributed by atoms with Gasteiger partial charge < -0.3 is 4.74 Å². The number of halogens is 1. The summed E-state index contributed by atoms with van der Waals surface area (Å²) in [5.74, 6) is -1.49. The van der Waals surface area contributed by atoms with E-state index in [-0.39, 0.29) is 16.1 Å². The van der Waals surface area contributed by atoms with Crippen LogP contribution in [-0.4, -0.2) is 21.5 Å². The van der Waals surface area contributed by atoms with Gasteiger partial charge in [0, 0.05) is 0 Å². The fraction of sp³-hybridized carbons (Fsp3) is 0.133. The molecule has 0 saturated carbocycles. The Bertz CT molecular complexity index is 818. The number of carbonyl (C=O) groups excluding carboxylic acids is 1. The molecule has 0 bridgehead atoms. The van der Waals surface area contributed by atoms with Crippen LogP contribution in [0.25, 0.3) is 0 Å². The molecule has 0 saturated heterocycles. The zero-order valence-corrected chi connectivity index (χ0v) is 12.8. The van der Waals surface area contributed by atoms with Crippen molar-refractivity contribution in [3.05, 3.63) is 59.4 Å². The number of benzene rings is 2. The highest BCUT2D eigenvalue weighted by Gasteiger charge is 2.23. The summed E-state index contributed by atoms with van der Waals surface area (Å²) in [6.07, 6.45) is 0. The number of anilines is 1. The van der Waals surface area contributed by atoms with Crippen LogP contribution in [0, 0.1) is 12.7 Å². The summed E-state index contributed by atoms with van der Waals surface area (Å²) >= 11 is 0. The van der Waals surface area contributed by atoms with E-state index in [9.17, 15) is 17.6 Å². The number of methoxy groups -OCH3 is 1. The van der Waals surface area contributed by atoms with Crippen LogP contribution >= 0.6 is 0 Å². The van der Waals surface area contributed by atoms with Crippen LogP contribution in [-0.2, 0) is 14.8 Å². The van der Waals surface area contributed by atoms with Crippen LogP contribution in [0.3, 0.4) is 0 Å². The lowest BCUT2D eigenvalue weighted by Crippen LogP contribution is -2.18. The summed E-state index contributed by atoms with van der Waals surface area (Å²) in [4.78, 5) is 11.4. The number of rotatable bonds is 4. The van der Waals surface area contributed by atoms with E-state index >= 15 is 0 Å². The number of carbonyl (C=O) groups is 1. The molecule has 0 radical (unpaired) electrons. The van der Waals surface area contributed by atoms with E-state index in [2.05, 4.69) is 9.46 Å². The van der Waals surface area contributed by atoms with Gasteiger partial charge in [0.2, 0.25) is 0 Å². The minimum atomic E-state index is -4.13. The zero-order chi connectivity index (χ0) is 16.3. The number of nitrogens with one attached hydrogen (secondary N) is 1. The predicted molar refractivity (Wildman–Crippen MR) is 79.7 cm³/mol. The molecule has 2 aromatic rings. The van der Waals surface area contributed by atoms with Gasteiger partial charge in [0.1, 0.15) is 10.7 Å². The maximum atomic E-state index is 13.7. The Balaban J connectivity index is 2.48. The van der Waals surface area contributed by atoms with Crippen molar-refractivity contribution in [1.29, 1.82) is 0 Å². The molecule has 0 aliphatic rings. The first-order chi connectivity index (χ1) is 10.3. The Morgan fingerprint density at radius 3 is 2.55 bits per heavy atom. The summed E-state index contributed by atoms with van der Waals surface area (Å²) in [7, 11) is -2.98. The van der Waals surface area contributed by atoms with E-state index in [0.717, 1.165) is 7.11 Å². The fourth-order valence-corrected chi connectivity index (χ4v) is 3.15. The van der Waals surface area contributed by atoms with Crippen LogP contribution in [0.5, 0.6) is 0 Å². The van der Waals surface area contributed by atoms with Crippen molar-refractivity contribution in [2.45, 2.75) is 11.8 Å². The molecule has 0 spiro atoms. The Labute approximate surface area is 127 Å². The molecule has 7 heteroatoms. The molecule has 0 aliphatic heterocycles. The molecular formula is C15H14FNO4S. The van der Waals surface area contributed by atoms with Gasteiger partial charge in [-0.2, -0.15) is 0 Å². The van der Waals surface area contributed by atoms with Crippen LogP contribution in [0.15, 0.2) is 47.4 Å². The van der Waals surface area contributed by atoms with Crippen molar-refractivity contribution < 1.29 is 22.3 Å². The van der Waals surface area contributed by atoms with E-state index in [4.69, 9.17) is 0 Å². The monoisotopic (exact) mass is 323 g/mol. The van der Waals surface area contributed by atoms with E-state index in [0.29, 0.717) is 5.56 Å². The van der Waals surface area contributed by atoms with E-state index < -0.39 is 21.8 Å². The molecular weight excluding hydrogens is 309 g/mol. The SMILES string of the molecule is COC(=O)c1ccccc1S(=O)(=O)Nc1cc(C)ccc1F. The number of hydrogen-bond donors (Lipinski definition) is 1. The topological polar surface area (TPSA) is 72.5 Å². The van der Waals surface area contributed by atoms with E-state index in [1.807, 2.05) is 0 Å². The van der Waals surface area contributed by atoms with Gasteiger partial charge >= 0.3 is 5.97 Å². The van der Waals surface area contributed by atoms with E-state index in [1.165, 1.54) is 42.5 Å². The summed E-state index contributed by atoms with van der Waals surface area (Å²) in [6.45, 7) is 1.71. The highest BCUT2D eigenvalue weighted by atomic mass is 32.2. The standard InChI is InChI=1S/C15H14FNO4S/c1-10-7-8-12(16)13(9-10)17-22(19,20)14-6-4-3-5-11(14)15(18)21-2/h3-9,17H,1-2H3. The van der Waals surface area contributed by atoms with Crippen molar-refractivity contribution >= 4 is 21.7 Å². The molecule has 0 unspecified atom stereocenters. The van der Waals surface area contributed by atoms with Crippen molar-refractivity contribution in [3.63, 3.8) is 0 Å². The number of esters is 1. The van der Waals surface area contributed by atoms with Crippen molar-refractivity contribution in [1.82, 2.24) is 0 Å². The molecule has 0 heterocycles. The zero-order valence-electron chi connectivity index (χ0n) is 12.0. The van der Waals surface area contributed by atoms with Crippen molar-refractivity contribution in [3.8, 4) is 0 Å². The van der Waals surface area contributed by atoms with Crippen molar-refractivity contribution in [2.75, 3.05) is 11.8 Å². The fourth-order valence-electron chi connectivity index (χ4n) is 1.90. The average Bonchev–Trinajstić information content (AvgIpc) is 2.50. The molecule has 116 valence electrons. The van der Waals surface area contributed by atoms with Crippen LogP contribution < -0.4 is 4.72 Å². The van der Waals surface area contributed by atoms with Gasteiger partial charge in [0.25, 0.3) is 10.0 Å². The number of ether oxygens (including phenoxy) is 1. The van der Waals surface area contributed by atoms with E-state index in [1.54, 1.807) is 6.92 Å². The molecule has 0 aromatic heterocycles. The number of sulfonamides is 1. The third-order valence-electron chi connectivity index (χ3n) is 2.95. The highest BCUT2D eigenvalue weighted by molar-refractivity contribution is 7.92. The number of aryl methyl sites for hydroxylation is 1. The third-order valence-corrected chi connectivity index (χ3v) is 4.37. The molecule has 5 nitrogen and oxygen atoms in total. The lowest BCUT2D eigenvalue weighted by Gasteiger charge is -2.12. The molecule has 0 aliphatic carbocycles. The quantitative estimate of drug-likeness (QED) is 0.878. The second-order valence-electron chi connectivity index (χ2n) is 4.58. The summed E-state index contributed by atoms with van der Waals surface area (Å²) in [5, 5.41) is 0. The van der Waals surface area contributed by atoms with Crippen LogP contribution in [0.4, 0.5) is 10.1 Å². The Morgan fingerprint density at radius 1 is 1.18 bits per heavy atom. The summed E-state index contributed by atoms with van der Waals surface area (Å²) in [6, 6.07) is 9.62. The van der Waals surface area contributed by atoms with Crippen LogP contribution in [0.2, 0.25) is 0 Å². The average molecular weight is 323 g/mol. The second kappa shape index (κ2) is 6.15. The normalized spacial score (nSPS) is 11.0. The first kappa shape index (κ1) is 16.0. The molecule has 1 N–H and O–H groups in total. The van der Waals surface area contributed by atoms with Gasteiger partial charge in [-0.05, 0) is 36.8 Å². The second-order valence-corrected chi connectivity index (χ2v) is 6.23. The first-order valence-electron chi connectivity index (χ1n) is 6.31. The Kier molecular flexibility index (Phi) is 4.46. The Hall–Kier alpha value is -2.41. The minimum Gasteiger partial charge on any atom is -0.465 e. The minimum absolute atomic E-state index is 0.120. The Morgan fingerprint density at radius 2 is 1.86 bits per heavy atom. The molecule has 0 fully saturated rings. The number of hydrogen-bond acceptors (Lipinski definition) is 4. The maximum absolute atomic E-state index is 13.7. The first-order valence-corrected chi connectivity index (χ1v) is 7.80. The van der Waals surface area contributed by atoms with Gasteiger partial charge in [0.05, 0.1) is 18.4 Å². The molecule has 22 heavy (non-hydrogen) atoms. The van der Waals surface area contributed by atoms with Crippen molar-refractivity contribution in [2.24, 2.45) is 0 Å². The predicted octanol–water partition coefficient (Wildman–Crippen LogP) is 2.72.